The molecule has 0 bridgehead atoms. The van der Waals surface area contributed by atoms with Crippen molar-refractivity contribution in [3.05, 3.63) is 71.8 Å². The summed E-state index contributed by atoms with van der Waals surface area (Å²) in [6.45, 7) is 1.39. The summed E-state index contributed by atoms with van der Waals surface area (Å²) in [6, 6.07) is 20.3. The van der Waals surface area contributed by atoms with Crippen LogP contribution in [0.2, 0.25) is 0 Å². The van der Waals surface area contributed by atoms with Crippen LogP contribution in [0.4, 0.5) is 0 Å². The summed E-state index contributed by atoms with van der Waals surface area (Å²) in [5.41, 5.74) is 0.877. The average molecular weight is 374 g/mol. The zero-order valence-corrected chi connectivity index (χ0v) is 16.1. The molecular weight excluding hydrogens is 348 g/mol. The molecule has 0 radical (unpaired) electrons. The predicted octanol–water partition coefficient (Wildman–Crippen LogP) is 3.21. The number of carbonyl (C=O) groups is 2. The molecule has 4 heteroatoms. The molecule has 3 fully saturated rings. The van der Waals surface area contributed by atoms with Crippen LogP contribution in [-0.2, 0) is 22.4 Å². The molecule has 28 heavy (non-hydrogen) atoms. The van der Waals surface area contributed by atoms with E-state index in [0.717, 1.165) is 36.8 Å². The van der Waals surface area contributed by atoms with Crippen LogP contribution in [0.15, 0.2) is 60.7 Å². The number of amides is 2. The highest BCUT2D eigenvalue weighted by Gasteiger charge is 2.65. The van der Waals surface area contributed by atoms with Crippen molar-refractivity contribution in [1.29, 1.82) is 0 Å². The highest BCUT2D eigenvalue weighted by Crippen LogP contribution is 2.47. The van der Waals surface area contributed by atoms with Gasteiger partial charge in [0.1, 0.15) is 11.1 Å². The van der Waals surface area contributed by atoms with Gasteiger partial charge in [-0.15, -0.1) is 0 Å². The summed E-state index contributed by atoms with van der Waals surface area (Å²) >= 11 is 0. The molecule has 3 saturated heterocycles. The van der Waals surface area contributed by atoms with Crippen LogP contribution in [-0.4, -0.2) is 45.8 Å². The molecule has 3 heterocycles. The second-order valence-electron chi connectivity index (χ2n) is 8.51. The van der Waals surface area contributed by atoms with E-state index in [1.165, 1.54) is 0 Å². The van der Waals surface area contributed by atoms with E-state index in [4.69, 9.17) is 0 Å². The Hall–Kier alpha value is -2.62. The predicted molar refractivity (Wildman–Crippen MR) is 108 cm³/mol. The van der Waals surface area contributed by atoms with Gasteiger partial charge in [0, 0.05) is 25.9 Å². The Labute approximate surface area is 166 Å². The molecule has 144 valence electrons. The standard InChI is InChI=1S/C24H26N2O2/c27-21-23(17-19-9-3-1-4-10-19)13-7-15-25(23)22(28)24(14-8-16-26(21)24)18-20-11-5-2-6-12-20/h1-6,9-12H,7-8,13-18H2/t23-,24-/m1/s1. The number of fused-ring (bicyclic) bond motifs is 2. The zero-order chi connectivity index (χ0) is 19.2. The first kappa shape index (κ1) is 17.5. The quantitative estimate of drug-likeness (QED) is 0.825. The second kappa shape index (κ2) is 6.47. The van der Waals surface area contributed by atoms with Crippen molar-refractivity contribution >= 4 is 11.8 Å². The number of hydrogen-bond donors (Lipinski definition) is 0. The lowest BCUT2D eigenvalue weighted by Gasteiger charge is -2.53. The van der Waals surface area contributed by atoms with Crippen LogP contribution in [0.25, 0.3) is 0 Å². The summed E-state index contributed by atoms with van der Waals surface area (Å²) in [7, 11) is 0. The molecule has 0 N–H and O–H groups in total. The highest BCUT2D eigenvalue weighted by molar-refractivity contribution is 6.03. The molecule has 2 atom stereocenters. The number of nitrogens with zero attached hydrogens (tertiary/aromatic N) is 2. The molecular formula is C24H26N2O2. The molecule has 4 nitrogen and oxygen atoms in total. The zero-order valence-electron chi connectivity index (χ0n) is 16.1. The monoisotopic (exact) mass is 374 g/mol. The Bertz CT molecular complexity index is 822. The van der Waals surface area contributed by atoms with Crippen LogP contribution in [0, 0.1) is 0 Å². The Morgan fingerprint density at radius 1 is 0.643 bits per heavy atom. The van der Waals surface area contributed by atoms with E-state index in [2.05, 4.69) is 24.3 Å². The Kier molecular flexibility index (Phi) is 4.04. The van der Waals surface area contributed by atoms with E-state index in [1.54, 1.807) is 0 Å². The van der Waals surface area contributed by atoms with Crippen LogP contribution in [0.3, 0.4) is 0 Å². The van der Waals surface area contributed by atoms with Gasteiger partial charge in [-0.25, -0.2) is 0 Å². The van der Waals surface area contributed by atoms with Gasteiger partial charge in [-0.1, -0.05) is 60.7 Å². The van der Waals surface area contributed by atoms with Crippen molar-refractivity contribution in [3.63, 3.8) is 0 Å². The second-order valence-corrected chi connectivity index (χ2v) is 8.51. The van der Waals surface area contributed by atoms with Gasteiger partial charge in [0.15, 0.2) is 0 Å². The van der Waals surface area contributed by atoms with Crippen molar-refractivity contribution < 1.29 is 9.59 Å². The molecule has 3 aliphatic heterocycles. The number of piperazine rings is 1. The van der Waals surface area contributed by atoms with Crippen molar-refractivity contribution in [2.24, 2.45) is 0 Å². The van der Waals surface area contributed by atoms with Gasteiger partial charge in [0.25, 0.3) is 0 Å². The maximum atomic E-state index is 13.9. The molecule has 5 rings (SSSR count). The first-order valence-electron chi connectivity index (χ1n) is 10.4. The summed E-state index contributed by atoms with van der Waals surface area (Å²) in [4.78, 5) is 31.7. The Morgan fingerprint density at radius 3 is 1.43 bits per heavy atom. The third kappa shape index (κ3) is 2.43. The summed E-state index contributed by atoms with van der Waals surface area (Å²) in [5.74, 6) is 0.337. The normalized spacial score (nSPS) is 29.1. The van der Waals surface area contributed by atoms with Gasteiger partial charge in [0.05, 0.1) is 0 Å². The molecule has 0 unspecified atom stereocenters. The van der Waals surface area contributed by atoms with E-state index in [0.29, 0.717) is 25.9 Å². The van der Waals surface area contributed by atoms with Gasteiger partial charge in [0.2, 0.25) is 11.8 Å². The van der Waals surface area contributed by atoms with Gasteiger partial charge < -0.3 is 9.80 Å². The first-order valence-corrected chi connectivity index (χ1v) is 10.4. The lowest BCUT2D eigenvalue weighted by atomic mass is 9.77. The van der Waals surface area contributed by atoms with E-state index >= 15 is 0 Å². The van der Waals surface area contributed by atoms with Gasteiger partial charge in [-0.2, -0.15) is 0 Å². The third-order valence-corrected chi connectivity index (χ3v) is 6.94. The molecule has 2 aromatic rings. The summed E-state index contributed by atoms with van der Waals surface area (Å²) in [5, 5.41) is 0. The van der Waals surface area contributed by atoms with E-state index < -0.39 is 11.1 Å². The third-order valence-electron chi connectivity index (χ3n) is 6.94. The fraction of sp³-hybridized carbons (Fsp3) is 0.417. The highest BCUT2D eigenvalue weighted by atomic mass is 16.2. The maximum absolute atomic E-state index is 13.9. The van der Waals surface area contributed by atoms with Crippen LogP contribution in [0.5, 0.6) is 0 Å². The van der Waals surface area contributed by atoms with Crippen LogP contribution >= 0.6 is 0 Å². The Morgan fingerprint density at radius 2 is 1.04 bits per heavy atom. The minimum absolute atomic E-state index is 0.168. The van der Waals surface area contributed by atoms with Crippen molar-refractivity contribution in [2.75, 3.05) is 13.1 Å². The van der Waals surface area contributed by atoms with E-state index in [1.807, 2.05) is 46.2 Å². The van der Waals surface area contributed by atoms with Crippen LogP contribution in [0.1, 0.15) is 36.8 Å². The van der Waals surface area contributed by atoms with E-state index in [-0.39, 0.29) is 11.8 Å². The number of rotatable bonds is 4. The Balaban J connectivity index is 1.55. The summed E-state index contributed by atoms with van der Waals surface area (Å²) in [6.07, 6.45) is 4.58. The lowest BCUT2D eigenvalue weighted by Crippen LogP contribution is -2.74. The molecule has 0 aliphatic carbocycles. The molecule has 0 aromatic heterocycles. The number of carbonyl (C=O) groups excluding carboxylic acids is 2. The molecule has 0 spiro atoms. The van der Waals surface area contributed by atoms with Gasteiger partial charge in [-0.3, -0.25) is 9.59 Å². The number of benzene rings is 2. The lowest BCUT2D eigenvalue weighted by molar-refractivity contribution is -0.173. The molecule has 3 aliphatic rings. The molecule has 2 amide bonds. The smallest absolute Gasteiger partial charge is 0.249 e. The maximum Gasteiger partial charge on any atom is 0.249 e. The first-order chi connectivity index (χ1) is 13.7. The van der Waals surface area contributed by atoms with Crippen LogP contribution < -0.4 is 0 Å². The average Bonchev–Trinajstić information content (AvgIpc) is 3.34. The summed E-state index contributed by atoms with van der Waals surface area (Å²) < 4.78 is 0. The number of hydrogen-bond acceptors (Lipinski definition) is 2. The van der Waals surface area contributed by atoms with E-state index in [9.17, 15) is 9.59 Å². The molecule has 2 aromatic carbocycles. The largest absolute Gasteiger partial charge is 0.326 e. The topological polar surface area (TPSA) is 40.6 Å². The van der Waals surface area contributed by atoms with Crippen molar-refractivity contribution in [3.8, 4) is 0 Å². The van der Waals surface area contributed by atoms with Gasteiger partial charge >= 0.3 is 0 Å². The van der Waals surface area contributed by atoms with Gasteiger partial charge in [-0.05, 0) is 36.8 Å². The SMILES string of the molecule is O=C1N2CCC[C@@]2(Cc2ccccc2)C(=O)N2CCC[C@@]12Cc1ccccc1. The fourth-order valence-electron chi connectivity index (χ4n) is 5.68. The minimum atomic E-state index is -0.692. The fourth-order valence-corrected chi connectivity index (χ4v) is 5.68. The van der Waals surface area contributed by atoms with Crippen molar-refractivity contribution in [2.45, 2.75) is 49.6 Å². The van der Waals surface area contributed by atoms with Crippen molar-refractivity contribution in [1.82, 2.24) is 9.80 Å². The minimum Gasteiger partial charge on any atom is -0.326 e. The molecule has 0 saturated carbocycles.